The van der Waals surface area contributed by atoms with Crippen molar-refractivity contribution >= 4 is 17.8 Å². The number of likely N-dealkylation sites (N-methyl/N-ethyl adjacent to an activating group) is 1. The minimum atomic E-state index is -0.581. The summed E-state index contributed by atoms with van der Waals surface area (Å²) in [7, 11) is 1.72. The van der Waals surface area contributed by atoms with Gasteiger partial charge in [0.25, 0.3) is 0 Å². The Hall–Kier alpha value is -2.65. The molecule has 0 bridgehead atoms. The van der Waals surface area contributed by atoms with Gasteiger partial charge in [-0.1, -0.05) is 50.1 Å². The molecule has 2 N–H and O–H groups in total. The Balaban J connectivity index is 1.82. The number of hydrogen-bond acceptors (Lipinski definition) is 5. The second kappa shape index (κ2) is 10.6. The highest BCUT2D eigenvalue weighted by Gasteiger charge is 2.50. The van der Waals surface area contributed by atoms with Gasteiger partial charge in [0.05, 0.1) is 13.1 Å². The Morgan fingerprint density at radius 1 is 1.19 bits per heavy atom. The number of rotatable bonds is 8. The number of hydrogen-bond donors (Lipinski definition) is 2. The summed E-state index contributed by atoms with van der Waals surface area (Å²) in [6.45, 7) is 3.08. The monoisotopic (exact) mass is 431 g/mol. The molecule has 9 nitrogen and oxygen atoms in total. The van der Waals surface area contributed by atoms with Gasteiger partial charge in [0.2, 0.25) is 11.8 Å². The van der Waals surface area contributed by atoms with Crippen LogP contribution in [0.4, 0.5) is 4.79 Å². The molecule has 3 rings (SSSR count). The Kier molecular flexibility index (Phi) is 7.86. The molecule has 2 atom stereocenters. The molecule has 0 saturated carbocycles. The average molecular weight is 432 g/mol. The number of hydrazine groups is 1. The van der Waals surface area contributed by atoms with Crippen molar-refractivity contribution < 1.29 is 19.5 Å². The Bertz CT molecular complexity index is 774. The molecular formula is C22H33N5O4. The van der Waals surface area contributed by atoms with Gasteiger partial charge in [-0.3, -0.25) is 9.59 Å². The molecule has 1 aromatic rings. The summed E-state index contributed by atoms with van der Waals surface area (Å²) in [6, 6.07) is 8.74. The molecular weight excluding hydrogens is 398 g/mol. The maximum Gasteiger partial charge on any atom is 0.334 e. The summed E-state index contributed by atoms with van der Waals surface area (Å²) in [5.74, 6) is -0.239. The molecule has 2 aliphatic rings. The molecule has 2 aliphatic heterocycles. The first-order valence-electron chi connectivity index (χ1n) is 11.0. The predicted octanol–water partition coefficient (Wildman–Crippen LogP) is 0.997. The summed E-state index contributed by atoms with van der Waals surface area (Å²) in [5, 5.41) is 15.4. The number of carbonyl (C=O) groups excluding carboxylic acids is 3. The molecule has 0 aromatic heterocycles. The maximum atomic E-state index is 13.2. The number of carbonyl (C=O) groups is 3. The predicted molar refractivity (Wildman–Crippen MR) is 115 cm³/mol. The van der Waals surface area contributed by atoms with Crippen molar-refractivity contribution in [2.45, 2.75) is 51.4 Å². The summed E-state index contributed by atoms with van der Waals surface area (Å²) < 4.78 is 0. The quantitative estimate of drug-likeness (QED) is 0.640. The van der Waals surface area contributed by atoms with Crippen LogP contribution in [-0.4, -0.2) is 88.3 Å². The van der Waals surface area contributed by atoms with Crippen LogP contribution in [0, 0.1) is 0 Å². The van der Waals surface area contributed by atoms with Crippen molar-refractivity contribution in [3.8, 4) is 0 Å². The number of amides is 4. The molecule has 0 aliphatic carbocycles. The van der Waals surface area contributed by atoms with Crippen molar-refractivity contribution in [1.82, 2.24) is 25.1 Å². The zero-order valence-corrected chi connectivity index (χ0v) is 18.4. The van der Waals surface area contributed by atoms with E-state index in [2.05, 4.69) is 5.32 Å². The van der Waals surface area contributed by atoms with Crippen LogP contribution >= 0.6 is 0 Å². The molecule has 9 heteroatoms. The smallest absolute Gasteiger partial charge is 0.334 e. The molecule has 4 amide bonds. The number of benzene rings is 1. The highest BCUT2D eigenvalue weighted by Crippen LogP contribution is 2.28. The van der Waals surface area contributed by atoms with Crippen LogP contribution in [0.15, 0.2) is 30.3 Å². The first kappa shape index (κ1) is 23.0. The van der Waals surface area contributed by atoms with Gasteiger partial charge in [0.1, 0.15) is 12.2 Å². The molecule has 0 spiro atoms. The first-order valence-corrected chi connectivity index (χ1v) is 11.0. The minimum Gasteiger partial charge on any atom is -0.396 e. The van der Waals surface area contributed by atoms with Crippen LogP contribution in [0.3, 0.4) is 0 Å². The van der Waals surface area contributed by atoms with Crippen LogP contribution < -0.4 is 5.32 Å². The molecule has 170 valence electrons. The molecule has 2 saturated heterocycles. The average Bonchev–Trinajstić information content (AvgIpc) is 2.76. The zero-order chi connectivity index (χ0) is 22.4. The van der Waals surface area contributed by atoms with Crippen molar-refractivity contribution in [1.29, 1.82) is 0 Å². The standard InChI is InChI=1S/C22H33N5O4/c1-3-4-11-18-21(30)25(12-8-13-28)15-19-26(18)20(29)16-24(2)27(19)22(31)23-14-17-9-6-5-7-10-17/h5-7,9-10,18-19,28H,3-4,8,11-16H2,1-2H3,(H,23,31)/t18-,19?/m0/s1. The minimum absolute atomic E-state index is 0.0160. The number of unbranched alkanes of at least 4 members (excludes halogenated alkanes) is 1. The Morgan fingerprint density at radius 2 is 1.94 bits per heavy atom. The normalized spacial score (nSPS) is 22.0. The number of aliphatic hydroxyl groups is 1. The largest absolute Gasteiger partial charge is 0.396 e. The Labute approximate surface area is 183 Å². The number of nitrogens with zero attached hydrogens (tertiary/aromatic N) is 4. The molecule has 1 unspecified atom stereocenters. The molecule has 2 fully saturated rings. The van der Waals surface area contributed by atoms with E-state index in [1.54, 1.807) is 26.9 Å². The van der Waals surface area contributed by atoms with Gasteiger partial charge in [-0.15, -0.1) is 0 Å². The van der Waals surface area contributed by atoms with Gasteiger partial charge in [-0.25, -0.2) is 14.8 Å². The highest BCUT2D eigenvalue weighted by molar-refractivity contribution is 5.91. The third kappa shape index (κ3) is 5.16. The maximum absolute atomic E-state index is 13.2. The fraction of sp³-hybridized carbons (Fsp3) is 0.591. The van der Waals surface area contributed by atoms with E-state index in [0.29, 0.717) is 25.9 Å². The summed E-state index contributed by atoms with van der Waals surface area (Å²) in [6.07, 6.45) is 2.19. The third-order valence-electron chi connectivity index (χ3n) is 5.85. The van der Waals surface area contributed by atoms with E-state index < -0.39 is 12.2 Å². The third-order valence-corrected chi connectivity index (χ3v) is 5.85. The highest BCUT2D eigenvalue weighted by atomic mass is 16.3. The van der Waals surface area contributed by atoms with Gasteiger partial charge >= 0.3 is 6.03 Å². The Morgan fingerprint density at radius 3 is 2.61 bits per heavy atom. The number of fused-ring (bicyclic) bond motifs is 1. The van der Waals surface area contributed by atoms with E-state index in [-0.39, 0.29) is 37.5 Å². The summed E-state index contributed by atoms with van der Waals surface area (Å²) >= 11 is 0. The number of nitrogens with one attached hydrogen (secondary N) is 1. The lowest BCUT2D eigenvalue weighted by molar-refractivity contribution is -0.187. The lowest BCUT2D eigenvalue weighted by Crippen LogP contribution is -2.76. The lowest BCUT2D eigenvalue weighted by Gasteiger charge is -2.54. The van der Waals surface area contributed by atoms with Gasteiger partial charge in [0.15, 0.2) is 0 Å². The van der Waals surface area contributed by atoms with E-state index in [9.17, 15) is 19.5 Å². The number of aliphatic hydroxyl groups excluding tert-OH is 1. The topological polar surface area (TPSA) is 96.4 Å². The number of urea groups is 1. The van der Waals surface area contributed by atoms with E-state index in [4.69, 9.17) is 0 Å². The molecule has 1 aromatic carbocycles. The van der Waals surface area contributed by atoms with Crippen LogP contribution in [0.2, 0.25) is 0 Å². The SMILES string of the molecule is CCCC[C@H]1C(=O)N(CCCO)CC2N1C(=O)CN(C)N2C(=O)NCc1ccccc1. The van der Waals surface area contributed by atoms with Gasteiger partial charge in [0, 0.05) is 26.7 Å². The lowest BCUT2D eigenvalue weighted by atomic mass is 10.0. The van der Waals surface area contributed by atoms with Crippen molar-refractivity contribution in [2.24, 2.45) is 0 Å². The zero-order valence-electron chi connectivity index (χ0n) is 18.4. The van der Waals surface area contributed by atoms with Crippen molar-refractivity contribution in [2.75, 3.05) is 33.3 Å². The summed E-state index contributed by atoms with van der Waals surface area (Å²) in [5.41, 5.74) is 0.979. The van der Waals surface area contributed by atoms with Crippen molar-refractivity contribution in [3.63, 3.8) is 0 Å². The van der Waals surface area contributed by atoms with E-state index in [1.165, 1.54) is 0 Å². The second-order valence-electron chi connectivity index (χ2n) is 8.11. The molecule has 2 heterocycles. The van der Waals surface area contributed by atoms with Crippen LogP contribution in [0.1, 0.15) is 38.2 Å². The fourth-order valence-electron chi connectivity index (χ4n) is 4.30. The van der Waals surface area contributed by atoms with E-state index >= 15 is 0 Å². The summed E-state index contributed by atoms with van der Waals surface area (Å²) in [4.78, 5) is 42.5. The molecule has 31 heavy (non-hydrogen) atoms. The van der Waals surface area contributed by atoms with Crippen LogP contribution in [0.5, 0.6) is 0 Å². The van der Waals surface area contributed by atoms with Crippen LogP contribution in [-0.2, 0) is 16.1 Å². The molecule has 0 radical (unpaired) electrons. The fourth-order valence-corrected chi connectivity index (χ4v) is 4.30. The van der Waals surface area contributed by atoms with E-state index in [1.807, 2.05) is 37.3 Å². The van der Waals surface area contributed by atoms with E-state index in [0.717, 1.165) is 18.4 Å². The van der Waals surface area contributed by atoms with Gasteiger partial charge < -0.3 is 20.2 Å². The first-order chi connectivity index (χ1) is 15.0. The van der Waals surface area contributed by atoms with Crippen molar-refractivity contribution in [3.05, 3.63) is 35.9 Å². The van der Waals surface area contributed by atoms with Crippen LogP contribution in [0.25, 0.3) is 0 Å². The van der Waals surface area contributed by atoms with Gasteiger partial charge in [-0.05, 0) is 18.4 Å². The van der Waals surface area contributed by atoms with Gasteiger partial charge in [-0.2, -0.15) is 0 Å². The number of piperazine rings is 1. The second-order valence-corrected chi connectivity index (χ2v) is 8.11.